The summed E-state index contributed by atoms with van der Waals surface area (Å²) in [5, 5.41) is 7.74. The number of fused-ring (bicyclic) bond motifs is 7. The summed E-state index contributed by atoms with van der Waals surface area (Å²) >= 11 is 5.54. The van der Waals surface area contributed by atoms with Gasteiger partial charge in [0.25, 0.3) is 0 Å². The minimum Gasteiger partial charge on any atom is -0.360 e. The Hall–Kier alpha value is 0.0200. The van der Waals surface area contributed by atoms with E-state index in [1.54, 1.807) is 0 Å². The van der Waals surface area contributed by atoms with Gasteiger partial charge in [0.1, 0.15) is 6.23 Å². The van der Waals surface area contributed by atoms with E-state index < -0.39 is 0 Å². The summed E-state index contributed by atoms with van der Waals surface area (Å²) in [6.07, 6.45) is 14.0. The maximum Gasteiger partial charge on any atom is 0.337 e. The highest BCUT2D eigenvalue weighted by Crippen LogP contribution is 2.69. The van der Waals surface area contributed by atoms with Gasteiger partial charge in [0.05, 0.1) is 6.10 Å². The molecule has 5 fully saturated rings. The monoisotopic (exact) mass is 851 g/mol. The van der Waals surface area contributed by atoms with Gasteiger partial charge in [0.2, 0.25) is 0 Å². The number of rotatable bonds is 10. The van der Waals surface area contributed by atoms with Gasteiger partial charge in [0, 0.05) is 40.1 Å². The number of hydrogen-bond acceptors (Lipinski definition) is 7. The van der Waals surface area contributed by atoms with Crippen LogP contribution in [0.3, 0.4) is 0 Å². The summed E-state index contributed by atoms with van der Waals surface area (Å²) in [5.74, 6) is 5.62. The van der Waals surface area contributed by atoms with Crippen LogP contribution in [0.2, 0.25) is 0 Å². The minimum absolute atomic E-state index is 0.157. The van der Waals surface area contributed by atoms with Crippen LogP contribution in [-0.4, -0.2) is 44.0 Å². The zero-order valence-electron chi connectivity index (χ0n) is 29.1. The molecule has 0 spiro atoms. The number of benzene rings is 1. The Kier molecular flexibility index (Phi) is 15.2. The zero-order chi connectivity index (χ0) is 34.4. The van der Waals surface area contributed by atoms with E-state index in [1.807, 2.05) is 21.2 Å². The molecule has 4 saturated carbocycles. The number of nitrogens with one attached hydrogen (secondary N) is 2. The van der Waals surface area contributed by atoms with Gasteiger partial charge in [-0.15, -0.1) is 9.80 Å². The first-order valence-electron chi connectivity index (χ1n) is 18.0. The van der Waals surface area contributed by atoms with Crippen LogP contribution in [0, 0.1) is 52.3 Å². The maximum absolute atomic E-state index is 9.85. The van der Waals surface area contributed by atoms with E-state index in [-0.39, 0.29) is 18.7 Å². The quantitative estimate of drug-likeness (QED) is 0.107. The van der Waals surface area contributed by atoms with Crippen molar-refractivity contribution in [2.75, 3.05) is 13.1 Å². The summed E-state index contributed by atoms with van der Waals surface area (Å²) in [7, 11) is 3.50. The normalized spacial score (nSPS) is 39.7. The second-order valence-electron chi connectivity index (χ2n) is 16.0. The average Bonchev–Trinajstić information content (AvgIpc) is 3.57. The minimum atomic E-state index is -0.292. The predicted molar refractivity (Wildman–Crippen MR) is 205 cm³/mol. The summed E-state index contributed by atoms with van der Waals surface area (Å²) in [4.78, 5) is 10.9. The van der Waals surface area contributed by atoms with Crippen LogP contribution < -0.4 is 16.4 Å². The van der Waals surface area contributed by atoms with E-state index in [4.69, 9.17) is 15.3 Å². The summed E-state index contributed by atoms with van der Waals surface area (Å²) < 4.78 is 17.9. The van der Waals surface area contributed by atoms with Crippen molar-refractivity contribution in [3.05, 3.63) is 34.3 Å². The van der Waals surface area contributed by atoms with Gasteiger partial charge in [-0.1, -0.05) is 75.2 Å². The molecule has 0 bridgehead atoms. The average molecular weight is 853 g/mol. The SMILES string of the molecule is CC[C@H](C)CN[C@H]1O[C@H]2CC3C4CCC5CC(NCC(N)Cc6ccccc6Br)CC[C@]5(C)C4CC[C@]3(C)C2[C@@H]1C.O=COF.SI. The van der Waals surface area contributed by atoms with E-state index in [9.17, 15) is 4.53 Å². The van der Waals surface area contributed by atoms with Crippen LogP contribution >= 0.6 is 46.9 Å². The Bertz CT molecular complexity index is 1140. The number of thiol groups is 1. The molecule has 1 aromatic rings. The molecule has 1 saturated heterocycles. The van der Waals surface area contributed by atoms with E-state index in [0.29, 0.717) is 28.9 Å². The van der Waals surface area contributed by atoms with Crippen molar-refractivity contribution in [2.45, 2.75) is 123 Å². The first-order valence-corrected chi connectivity index (χ1v) is 22.1. The largest absolute Gasteiger partial charge is 0.360 e. The van der Waals surface area contributed by atoms with Crippen LogP contribution in [0.4, 0.5) is 4.53 Å². The van der Waals surface area contributed by atoms with Crippen LogP contribution in [0.1, 0.15) is 98.0 Å². The first kappa shape index (κ1) is 39.8. The van der Waals surface area contributed by atoms with Crippen LogP contribution in [0.5, 0.6) is 0 Å². The van der Waals surface area contributed by atoms with Gasteiger partial charge >= 0.3 is 6.47 Å². The third kappa shape index (κ3) is 8.74. The highest BCUT2D eigenvalue weighted by molar-refractivity contribution is 14.2. The first-order chi connectivity index (χ1) is 22.5. The molecule has 0 aromatic heterocycles. The highest BCUT2D eigenvalue weighted by Gasteiger charge is 2.65. The molecule has 1 heterocycles. The molecule has 6 nitrogen and oxygen atoms in total. The molecule has 4 aliphatic carbocycles. The van der Waals surface area contributed by atoms with E-state index >= 15 is 0 Å². The van der Waals surface area contributed by atoms with Crippen molar-refractivity contribution in [3.8, 4) is 0 Å². The molecule has 0 radical (unpaired) electrons. The van der Waals surface area contributed by atoms with Crippen molar-refractivity contribution >= 4 is 53.4 Å². The predicted octanol–water partition coefficient (Wildman–Crippen LogP) is 8.85. The molecule has 6 rings (SSSR count). The second kappa shape index (κ2) is 18.0. The standard InChI is InChI=1S/C36H58BrN3O.CHFO2.HIS/c1-6-22(2)20-40-34-23(3)33-32(41-34)19-30-28-12-11-25-18-27(13-15-35(25,4)29(28)14-16-36(30,33)5)39-21-26(38)17-24-9-7-8-10-31(24)37;2-4-1-3;1-2/h7-10,22-23,25-30,32-34,39-40H,6,11-21,38H2,1-5H3;1H;2H/t22-,23-,25?,26?,27?,28?,29?,30?,32-,33?,34-,35-,36-;;/m0../s1. The third-order valence-corrected chi connectivity index (χ3v) is 14.4. The highest BCUT2D eigenvalue weighted by atomic mass is 127. The molecule has 5 aliphatic rings. The fourth-order valence-corrected chi connectivity index (χ4v) is 11.5. The van der Waals surface area contributed by atoms with Gasteiger partial charge in [-0.3, -0.25) is 15.1 Å². The Morgan fingerprint density at radius 1 is 1.11 bits per heavy atom. The van der Waals surface area contributed by atoms with Gasteiger partial charge in [-0.2, -0.15) is 0 Å². The lowest BCUT2D eigenvalue weighted by Crippen LogP contribution is -2.56. The van der Waals surface area contributed by atoms with Crippen LogP contribution in [0.25, 0.3) is 0 Å². The Labute approximate surface area is 309 Å². The topological polar surface area (TPSA) is 85.6 Å². The molecular weight excluding hydrogens is 792 g/mol. The van der Waals surface area contributed by atoms with Crippen molar-refractivity contribution in [1.29, 1.82) is 0 Å². The van der Waals surface area contributed by atoms with E-state index in [1.165, 1.54) is 67.8 Å². The van der Waals surface area contributed by atoms with Crippen molar-refractivity contribution in [1.82, 2.24) is 10.6 Å². The lowest BCUT2D eigenvalue weighted by Gasteiger charge is -2.61. The maximum atomic E-state index is 9.85. The Morgan fingerprint density at radius 3 is 2.49 bits per heavy atom. The van der Waals surface area contributed by atoms with Gasteiger partial charge in [0.15, 0.2) is 0 Å². The number of carbonyl (C=O) groups is 1. The molecule has 1 aliphatic heterocycles. The van der Waals surface area contributed by atoms with Gasteiger partial charge < -0.3 is 15.8 Å². The van der Waals surface area contributed by atoms with Gasteiger partial charge in [-0.25, -0.2) is 0 Å². The van der Waals surface area contributed by atoms with E-state index in [2.05, 4.69) is 100 Å². The van der Waals surface area contributed by atoms with Crippen LogP contribution in [0.15, 0.2) is 28.7 Å². The number of nitrogens with two attached hydrogens (primary N) is 1. The molecular formula is C37H60BrFIN3O3S. The summed E-state index contributed by atoms with van der Waals surface area (Å²) in [6.45, 7) is 14.2. The molecule has 7 unspecified atom stereocenters. The van der Waals surface area contributed by atoms with Crippen molar-refractivity contribution in [2.24, 2.45) is 58.0 Å². The molecule has 1 aromatic carbocycles. The molecule has 4 N–H and O–H groups in total. The zero-order valence-corrected chi connectivity index (χ0v) is 33.7. The Morgan fingerprint density at radius 2 is 1.81 bits per heavy atom. The third-order valence-electron chi connectivity index (χ3n) is 13.6. The number of carbonyl (C=O) groups excluding carboxylic acids is 1. The van der Waals surface area contributed by atoms with E-state index in [0.717, 1.165) is 55.0 Å². The summed E-state index contributed by atoms with van der Waals surface area (Å²) in [6, 6.07) is 9.29. The number of ether oxygens (including phenoxy) is 1. The lowest BCUT2D eigenvalue weighted by atomic mass is 9.44. The van der Waals surface area contributed by atoms with Crippen molar-refractivity contribution < 1.29 is 19.0 Å². The summed E-state index contributed by atoms with van der Waals surface area (Å²) in [5.41, 5.74) is 8.89. The van der Waals surface area contributed by atoms with Gasteiger partial charge in [-0.05, 0) is 137 Å². The molecule has 13 atom stereocenters. The van der Waals surface area contributed by atoms with Crippen molar-refractivity contribution in [3.63, 3.8) is 0 Å². The molecule has 10 heteroatoms. The molecule has 0 amide bonds. The smallest absolute Gasteiger partial charge is 0.337 e. The molecule has 268 valence electrons. The number of halogens is 3. The fourth-order valence-electron chi connectivity index (χ4n) is 11.1. The lowest BCUT2D eigenvalue weighted by molar-refractivity contribution is -0.165. The fraction of sp³-hybridized carbons (Fsp3) is 0.811. The number of hydrogen-bond donors (Lipinski definition) is 4. The second-order valence-corrected chi connectivity index (χ2v) is 16.8. The molecule has 47 heavy (non-hydrogen) atoms. The van der Waals surface area contributed by atoms with Crippen LogP contribution in [-0.2, 0) is 20.9 Å². The Balaban J connectivity index is 0.000000776.